The van der Waals surface area contributed by atoms with Crippen LogP contribution >= 0.6 is 0 Å². The molecule has 1 heterocycles. The number of aromatic amines is 1. The van der Waals surface area contributed by atoms with E-state index >= 15 is 0 Å². The molecule has 2 unspecified atom stereocenters. The number of rotatable bonds is 8. The summed E-state index contributed by atoms with van der Waals surface area (Å²) in [4.78, 5) is 27.1. The molecule has 4 N–H and O–H groups in total. The molecule has 2 atom stereocenters. The highest BCUT2D eigenvalue weighted by molar-refractivity contribution is 5.89. The van der Waals surface area contributed by atoms with Crippen molar-refractivity contribution < 1.29 is 14.7 Å². The summed E-state index contributed by atoms with van der Waals surface area (Å²) in [7, 11) is 0. The van der Waals surface area contributed by atoms with E-state index in [1.54, 1.807) is 0 Å². The van der Waals surface area contributed by atoms with Crippen molar-refractivity contribution in [1.29, 1.82) is 0 Å². The molecule has 0 saturated heterocycles. The molecule has 24 heavy (non-hydrogen) atoms. The number of hydrogen-bond acceptors (Lipinski definition) is 3. The van der Waals surface area contributed by atoms with E-state index in [1.165, 1.54) is 6.92 Å². The third-order valence-corrected chi connectivity index (χ3v) is 4.04. The predicted octanol–water partition coefficient (Wildman–Crippen LogP) is 1.35. The monoisotopic (exact) mass is 331 g/mol. The van der Waals surface area contributed by atoms with Gasteiger partial charge in [-0.1, -0.05) is 25.1 Å². The summed E-state index contributed by atoms with van der Waals surface area (Å²) in [5.41, 5.74) is 1.99. The number of hydrogen-bond donors (Lipinski definition) is 4. The maximum Gasteiger partial charge on any atom is 0.242 e. The second-order valence-electron chi connectivity index (χ2n) is 6.18. The number of carbonyl (C=O) groups excluding carboxylic acids is 2. The normalized spacial score (nSPS) is 13.5. The number of carbonyl (C=O) groups is 2. The second kappa shape index (κ2) is 8.49. The number of aliphatic hydroxyl groups is 1. The van der Waals surface area contributed by atoms with Crippen LogP contribution in [0.15, 0.2) is 30.5 Å². The maximum absolute atomic E-state index is 12.5. The van der Waals surface area contributed by atoms with Crippen LogP contribution in [-0.2, 0) is 16.0 Å². The Balaban J connectivity index is 2.07. The quantitative estimate of drug-likeness (QED) is 0.588. The maximum atomic E-state index is 12.5. The molecule has 0 bridgehead atoms. The van der Waals surface area contributed by atoms with Crippen molar-refractivity contribution in [1.82, 2.24) is 15.6 Å². The minimum absolute atomic E-state index is 0.0987. The number of nitrogens with one attached hydrogen (secondary N) is 3. The predicted molar refractivity (Wildman–Crippen MR) is 93.5 cm³/mol. The number of fused-ring (bicyclic) bond motifs is 1. The molecule has 6 nitrogen and oxygen atoms in total. The summed E-state index contributed by atoms with van der Waals surface area (Å²) in [5.74, 6) is -0.260. The van der Waals surface area contributed by atoms with Gasteiger partial charge in [0.2, 0.25) is 11.8 Å². The molecule has 1 aromatic heterocycles. The van der Waals surface area contributed by atoms with Crippen LogP contribution in [0.5, 0.6) is 0 Å². The average molecular weight is 331 g/mol. The van der Waals surface area contributed by atoms with Crippen molar-refractivity contribution in [3.05, 3.63) is 36.0 Å². The van der Waals surface area contributed by atoms with E-state index in [1.807, 2.05) is 37.4 Å². The van der Waals surface area contributed by atoms with Gasteiger partial charge in [-0.3, -0.25) is 9.59 Å². The highest BCUT2D eigenvalue weighted by atomic mass is 16.3. The average Bonchev–Trinajstić information content (AvgIpc) is 2.95. The molecule has 130 valence electrons. The Morgan fingerprint density at radius 1 is 1.29 bits per heavy atom. The van der Waals surface area contributed by atoms with E-state index in [0.29, 0.717) is 19.4 Å². The fraction of sp³-hybridized carbons (Fsp3) is 0.444. The smallest absolute Gasteiger partial charge is 0.242 e. The van der Waals surface area contributed by atoms with Gasteiger partial charge in [0.25, 0.3) is 0 Å². The summed E-state index contributed by atoms with van der Waals surface area (Å²) in [5, 5.41) is 15.6. The van der Waals surface area contributed by atoms with Gasteiger partial charge in [0.05, 0.1) is 0 Å². The van der Waals surface area contributed by atoms with E-state index in [4.69, 9.17) is 5.11 Å². The van der Waals surface area contributed by atoms with Crippen molar-refractivity contribution in [3.63, 3.8) is 0 Å². The van der Waals surface area contributed by atoms with Crippen LogP contribution in [-0.4, -0.2) is 41.1 Å². The zero-order valence-electron chi connectivity index (χ0n) is 14.1. The van der Waals surface area contributed by atoms with Crippen molar-refractivity contribution in [2.24, 2.45) is 5.92 Å². The topological polar surface area (TPSA) is 94.2 Å². The van der Waals surface area contributed by atoms with Crippen molar-refractivity contribution in [3.8, 4) is 0 Å². The number of benzene rings is 1. The number of para-hydroxylation sites is 1. The van der Waals surface area contributed by atoms with Gasteiger partial charge in [-0.15, -0.1) is 0 Å². The van der Waals surface area contributed by atoms with E-state index in [-0.39, 0.29) is 24.3 Å². The first-order chi connectivity index (χ1) is 11.5. The molecule has 0 spiro atoms. The van der Waals surface area contributed by atoms with Crippen molar-refractivity contribution >= 4 is 22.7 Å². The highest BCUT2D eigenvalue weighted by Crippen LogP contribution is 2.19. The molecular formula is C18H25N3O3. The molecule has 1 aromatic carbocycles. The Morgan fingerprint density at radius 2 is 2.04 bits per heavy atom. The Bertz CT molecular complexity index is 696. The number of H-pyrrole nitrogens is 1. The van der Waals surface area contributed by atoms with Gasteiger partial charge < -0.3 is 20.7 Å². The summed E-state index contributed by atoms with van der Waals surface area (Å²) in [6.45, 7) is 3.94. The van der Waals surface area contributed by atoms with Gasteiger partial charge in [0.15, 0.2) is 0 Å². The Kier molecular flexibility index (Phi) is 6.37. The van der Waals surface area contributed by atoms with E-state index in [9.17, 15) is 9.59 Å². The molecule has 6 heteroatoms. The van der Waals surface area contributed by atoms with Crippen LogP contribution in [0.2, 0.25) is 0 Å². The molecule has 0 radical (unpaired) electrons. The molecule has 2 amide bonds. The fourth-order valence-corrected chi connectivity index (χ4v) is 2.70. The fourth-order valence-electron chi connectivity index (χ4n) is 2.70. The van der Waals surface area contributed by atoms with Crippen molar-refractivity contribution in [2.75, 3.05) is 13.2 Å². The third kappa shape index (κ3) is 4.83. The van der Waals surface area contributed by atoms with Crippen LogP contribution in [0.3, 0.4) is 0 Å². The van der Waals surface area contributed by atoms with Gasteiger partial charge >= 0.3 is 0 Å². The second-order valence-corrected chi connectivity index (χ2v) is 6.18. The highest BCUT2D eigenvalue weighted by Gasteiger charge is 2.21. The van der Waals surface area contributed by atoms with Gasteiger partial charge in [0, 0.05) is 43.6 Å². The Labute approximate surface area is 141 Å². The summed E-state index contributed by atoms with van der Waals surface area (Å²) in [6, 6.07) is 7.24. The standard InChI is InChI=1S/C18H25N3O3/c1-12(7-8-22)10-20-18(24)17(21-13(2)23)9-14-11-19-16-6-4-3-5-15(14)16/h3-6,11-12,17,19,22H,7-10H2,1-2H3,(H,20,24)(H,21,23). The Hall–Kier alpha value is -2.34. The van der Waals surface area contributed by atoms with Gasteiger partial charge in [-0.05, 0) is 24.0 Å². The van der Waals surface area contributed by atoms with Crippen LogP contribution in [0, 0.1) is 5.92 Å². The van der Waals surface area contributed by atoms with E-state index < -0.39 is 6.04 Å². The molecule has 2 rings (SSSR count). The summed E-state index contributed by atoms with van der Waals surface area (Å²) >= 11 is 0. The van der Waals surface area contributed by atoms with Crippen LogP contribution in [0.4, 0.5) is 0 Å². The zero-order chi connectivity index (χ0) is 17.5. The first-order valence-electron chi connectivity index (χ1n) is 8.22. The Morgan fingerprint density at radius 3 is 2.75 bits per heavy atom. The molecule has 0 saturated carbocycles. The van der Waals surface area contributed by atoms with Crippen molar-refractivity contribution in [2.45, 2.75) is 32.7 Å². The number of aliphatic hydroxyl groups excluding tert-OH is 1. The molecule has 0 aliphatic rings. The lowest BCUT2D eigenvalue weighted by Crippen LogP contribution is -2.48. The minimum atomic E-state index is -0.622. The van der Waals surface area contributed by atoms with Gasteiger partial charge in [-0.25, -0.2) is 0 Å². The molecule has 0 aliphatic heterocycles. The third-order valence-electron chi connectivity index (χ3n) is 4.04. The number of aromatic nitrogens is 1. The van der Waals surface area contributed by atoms with Gasteiger partial charge in [0.1, 0.15) is 6.04 Å². The van der Waals surface area contributed by atoms with E-state index in [2.05, 4.69) is 15.6 Å². The van der Waals surface area contributed by atoms with Crippen LogP contribution in [0.25, 0.3) is 10.9 Å². The van der Waals surface area contributed by atoms with Gasteiger partial charge in [-0.2, -0.15) is 0 Å². The number of amides is 2. The largest absolute Gasteiger partial charge is 0.396 e. The van der Waals surface area contributed by atoms with Crippen LogP contribution < -0.4 is 10.6 Å². The lowest BCUT2D eigenvalue weighted by Gasteiger charge is -2.19. The first-order valence-corrected chi connectivity index (χ1v) is 8.22. The molecule has 2 aromatic rings. The lowest BCUT2D eigenvalue weighted by atomic mass is 10.0. The SMILES string of the molecule is CC(=O)NC(Cc1c[nH]c2ccccc12)C(=O)NCC(C)CCO. The molecule has 0 fully saturated rings. The zero-order valence-corrected chi connectivity index (χ0v) is 14.1. The minimum Gasteiger partial charge on any atom is -0.396 e. The molecular weight excluding hydrogens is 306 g/mol. The first kappa shape index (κ1) is 18.0. The lowest BCUT2D eigenvalue weighted by molar-refractivity contribution is -0.128. The summed E-state index contributed by atoms with van der Waals surface area (Å²) in [6.07, 6.45) is 2.93. The van der Waals surface area contributed by atoms with E-state index in [0.717, 1.165) is 16.5 Å². The molecule has 0 aliphatic carbocycles. The van der Waals surface area contributed by atoms with Crippen LogP contribution in [0.1, 0.15) is 25.8 Å². The summed E-state index contributed by atoms with van der Waals surface area (Å²) < 4.78 is 0.